The van der Waals surface area contributed by atoms with Gasteiger partial charge in [-0.2, -0.15) is 0 Å². The number of rotatable bonds is 6. The Hall–Kier alpha value is -7.27. The van der Waals surface area contributed by atoms with Crippen LogP contribution in [0.2, 0.25) is 0 Å². The van der Waals surface area contributed by atoms with Crippen molar-refractivity contribution in [1.82, 2.24) is 15.0 Å². The summed E-state index contributed by atoms with van der Waals surface area (Å²) in [7, 11) is 0. The highest BCUT2D eigenvalue weighted by atomic mass is 32.1. The fourth-order valence-electron chi connectivity index (χ4n) is 8.14. The van der Waals surface area contributed by atoms with Gasteiger partial charge in [0, 0.05) is 58.6 Å². The smallest absolute Gasteiger partial charge is 0.160 e. The van der Waals surface area contributed by atoms with Crippen molar-refractivity contribution in [3.63, 3.8) is 0 Å². The number of pyridine rings is 1. The molecule has 4 heteroatoms. The van der Waals surface area contributed by atoms with E-state index in [1.807, 2.05) is 35.6 Å². The molecule has 266 valence electrons. The third-order valence-corrected chi connectivity index (χ3v) is 12.1. The number of nitrogens with zero attached hydrogens (tertiary/aromatic N) is 3. The normalized spacial score (nSPS) is 11.5. The van der Waals surface area contributed by atoms with Gasteiger partial charge in [-0.1, -0.05) is 176 Å². The van der Waals surface area contributed by atoms with E-state index in [4.69, 9.17) is 15.0 Å². The molecule has 11 rings (SSSR count). The quantitative estimate of drug-likeness (QED) is 0.159. The Morgan fingerprint density at radius 3 is 1.70 bits per heavy atom. The van der Waals surface area contributed by atoms with Crippen LogP contribution in [-0.2, 0) is 0 Å². The maximum absolute atomic E-state index is 5.20. The molecule has 0 amide bonds. The summed E-state index contributed by atoms with van der Waals surface area (Å²) in [5.74, 6) is 0.706. The Morgan fingerprint density at radius 2 is 0.930 bits per heavy atom. The van der Waals surface area contributed by atoms with Crippen molar-refractivity contribution < 1.29 is 0 Å². The van der Waals surface area contributed by atoms with Crippen LogP contribution in [-0.4, -0.2) is 15.0 Å². The van der Waals surface area contributed by atoms with Crippen LogP contribution in [0.5, 0.6) is 0 Å². The molecule has 0 fully saturated rings. The fourth-order valence-corrected chi connectivity index (χ4v) is 9.39. The van der Waals surface area contributed by atoms with Gasteiger partial charge < -0.3 is 0 Å². The van der Waals surface area contributed by atoms with Crippen molar-refractivity contribution >= 4 is 53.2 Å². The predicted molar refractivity (Wildman–Crippen MR) is 240 cm³/mol. The van der Waals surface area contributed by atoms with E-state index in [2.05, 4.69) is 176 Å². The molecule has 3 nitrogen and oxygen atoms in total. The van der Waals surface area contributed by atoms with Gasteiger partial charge in [-0.3, -0.25) is 0 Å². The van der Waals surface area contributed by atoms with E-state index < -0.39 is 0 Å². The van der Waals surface area contributed by atoms with E-state index in [9.17, 15) is 0 Å². The van der Waals surface area contributed by atoms with Crippen molar-refractivity contribution in [3.05, 3.63) is 200 Å². The maximum Gasteiger partial charge on any atom is 0.160 e. The summed E-state index contributed by atoms with van der Waals surface area (Å²) in [6.07, 6.45) is 0. The van der Waals surface area contributed by atoms with E-state index in [0.29, 0.717) is 5.82 Å². The molecule has 0 unspecified atom stereocenters. The average molecular weight is 744 g/mol. The van der Waals surface area contributed by atoms with Gasteiger partial charge in [0.05, 0.1) is 22.6 Å². The lowest BCUT2D eigenvalue weighted by Gasteiger charge is -2.12. The Balaban J connectivity index is 1.04. The number of hydrogen-bond donors (Lipinski definition) is 0. The Kier molecular flexibility index (Phi) is 8.01. The first-order valence-electron chi connectivity index (χ1n) is 19.2. The Labute approximate surface area is 334 Å². The fraction of sp³-hybridized carbons (Fsp3) is 0. The number of fused-ring (bicyclic) bond motifs is 7. The molecule has 0 N–H and O–H groups in total. The van der Waals surface area contributed by atoms with Crippen LogP contribution in [0.25, 0.3) is 109 Å². The molecule has 0 saturated heterocycles. The second-order valence-electron chi connectivity index (χ2n) is 14.3. The van der Waals surface area contributed by atoms with Crippen molar-refractivity contribution in [3.8, 4) is 67.4 Å². The zero-order valence-electron chi connectivity index (χ0n) is 30.8. The lowest BCUT2D eigenvalue weighted by Crippen LogP contribution is -1.96. The van der Waals surface area contributed by atoms with Gasteiger partial charge in [-0.15, -0.1) is 11.3 Å². The van der Waals surface area contributed by atoms with Crippen molar-refractivity contribution in [2.24, 2.45) is 0 Å². The van der Waals surface area contributed by atoms with Crippen LogP contribution in [0.4, 0.5) is 0 Å². The van der Waals surface area contributed by atoms with Crippen molar-refractivity contribution in [2.45, 2.75) is 0 Å². The van der Waals surface area contributed by atoms with Crippen LogP contribution >= 0.6 is 11.3 Å². The molecule has 0 aliphatic heterocycles. The van der Waals surface area contributed by atoms with E-state index in [1.165, 1.54) is 53.0 Å². The summed E-state index contributed by atoms with van der Waals surface area (Å²) < 4.78 is 2.55. The number of hydrogen-bond acceptors (Lipinski definition) is 4. The third-order valence-electron chi connectivity index (χ3n) is 10.9. The molecule has 0 aliphatic carbocycles. The summed E-state index contributed by atoms with van der Waals surface area (Å²) in [5.41, 5.74) is 12.7. The van der Waals surface area contributed by atoms with Crippen molar-refractivity contribution in [2.75, 3.05) is 0 Å². The predicted octanol–water partition coefficient (Wildman–Crippen LogP) is 14.5. The standard InChI is InChI=1S/C53H33N3S/c1-4-14-34(15-5-1)39-20-12-21-40(32-39)47-33-46(55-53(56-47)38-18-8-3-9-19-38)36-28-26-35(27-29-36)41-23-13-24-44-50-48(57-52(41)44)31-30-43-49(50)42-22-10-11-25-45(42)54-51(43)37-16-6-2-7-17-37/h1-33H. The molecule has 3 heterocycles. The average Bonchev–Trinajstić information content (AvgIpc) is 3.69. The molecule has 0 bridgehead atoms. The van der Waals surface area contributed by atoms with Gasteiger partial charge in [-0.05, 0) is 46.5 Å². The topological polar surface area (TPSA) is 38.7 Å². The Bertz CT molecular complexity index is 3260. The third kappa shape index (κ3) is 5.86. The van der Waals surface area contributed by atoms with Crippen LogP contribution in [0.3, 0.4) is 0 Å². The van der Waals surface area contributed by atoms with Gasteiger partial charge in [0.1, 0.15) is 0 Å². The van der Waals surface area contributed by atoms with E-state index >= 15 is 0 Å². The van der Waals surface area contributed by atoms with Crippen LogP contribution in [0.15, 0.2) is 200 Å². The summed E-state index contributed by atoms with van der Waals surface area (Å²) in [6, 6.07) is 70.7. The summed E-state index contributed by atoms with van der Waals surface area (Å²) >= 11 is 1.87. The van der Waals surface area contributed by atoms with E-state index in [1.54, 1.807) is 0 Å². The van der Waals surface area contributed by atoms with Gasteiger partial charge in [0.2, 0.25) is 0 Å². The minimum Gasteiger partial charge on any atom is -0.247 e. The van der Waals surface area contributed by atoms with Crippen LogP contribution < -0.4 is 0 Å². The summed E-state index contributed by atoms with van der Waals surface area (Å²) in [4.78, 5) is 15.4. The molecule has 0 aliphatic rings. The zero-order valence-corrected chi connectivity index (χ0v) is 31.6. The van der Waals surface area contributed by atoms with Gasteiger partial charge in [0.15, 0.2) is 5.82 Å². The lowest BCUT2D eigenvalue weighted by molar-refractivity contribution is 1.18. The molecule has 3 aromatic heterocycles. The zero-order chi connectivity index (χ0) is 37.7. The first-order valence-corrected chi connectivity index (χ1v) is 20.0. The molecular formula is C53H33N3S. The molecule has 0 saturated carbocycles. The highest BCUT2D eigenvalue weighted by Gasteiger charge is 2.18. The number of para-hydroxylation sites is 1. The van der Waals surface area contributed by atoms with E-state index in [0.717, 1.165) is 50.4 Å². The maximum atomic E-state index is 5.20. The number of benzene rings is 8. The molecule has 0 atom stereocenters. The highest BCUT2D eigenvalue weighted by Crippen LogP contribution is 2.46. The minimum atomic E-state index is 0.706. The van der Waals surface area contributed by atoms with Crippen LogP contribution in [0.1, 0.15) is 0 Å². The van der Waals surface area contributed by atoms with E-state index in [-0.39, 0.29) is 0 Å². The highest BCUT2D eigenvalue weighted by molar-refractivity contribution is 7.26. The molecular weight excluding hydrogens is 711 g/mol. The monoisotopic (exact) mass is 743 g/mol. The Morgan fingerprint density at radius 1 is 0.333 bits per heavy atom. The second-order valence-corrected chi connectivity index (χ2v) is 15.4. The molecule has 57 heavy (non-hydrogen) atoms. The molecule has 11 aromatic rings. The van der Waals surface area contributed by atoms with Gasteiger partial charge in [-0.25, -0.2) is 15.0 Å². The lowest BCUT2D eigenvalue weighted by atomic mass is 9.95. The first-order chi connectivity index (χ1) is 28.2. The van der Waals surface area contributed by atoms with Gasteiger partial charge >= 0.3 is 0 Å². The SMILES string of the molecule is c1ccc(-c2cccc(-c3cc(-c4ccc(-c5cccc6c5sc5ccc7c(-c8ccccc8)nc8ccccc8c7c56)cc4)nc(-c4ccccc4)n3)c2)cc1. The summed E-state index contributed by atoms with van der Waals surface area (Å²) in [6.45, 7) is 0. The summed E-state index contributed by atoms with van der Waals surface area (Å²) in [5, 5.41) is 6.17. The molecule has 0 spiro atoms. The second kappa shape index (κ2) is 13.8. The first kappa shape index (κ1) is 33.1. The van der Waals surface area contributed by atoms with Gasteiger partial charge in [0.25, 0.3) is 0 Å². The molecule has 8 aromatic carbocycles. The van der Waals surface area contributed by atoms with Crippen molar-refractivity contribution in [1.29, 1.82) is 0 Å². The number of thiophene rings is 1. The van der Waals surface area contributed by atoms with Crippen LogP contribution in [0, 0.1) is 0 Å². The molecule has 0 radical (unpaired) electrons. The minimum absolute atomic E-state index is 0.706. The number of aromatic nitrogens is 3. The largest absolute Gasteiger partial charge is 0.247 e.